The van der Waals surface area contributed by atoms with E-state index < -0.39 is 0 Å². The van der Waals surface area contributed by atoms with E-state index in [-0.39, 0.29) is 12.7 Å². The zero-order valence-electron chi connectivity index (χ0n) is 15.3. The second-order valence-corrected chi connectivity index (χ2v) is 7.23. The molecule has 1 aliphatic heterocycles. The van der Waals surface area contributed by atoms with Crippen LogP contribution in [0.15, 0.2) is 51.8 Å². The minimum atomic E-state index is 0.0322. The lowest BCUT2D eigenvalue weighted by Crippen LogP contribution is -2.10. The normalized spacial score (nSPS) is 12.2. The van der Waals surface area contributed by atoms with Crippen LogP contribution >= 0.6 is 11.8 Å². The van der Waals surface area contributed by atoms with Crippen molar-refractivity contribution in [3.05, 3.63) is 48.4 Å². The van der Waals surface area contributed by atoms with Crippen LogP contribution < -0.4 is 14.8 Å². The maximum atomic E-state index is 11.6. The largest absolute Gasteiger partial charge is 0.454 e. The maximum absolute atomic E-state index is 11.6. The Morgan fingerprint density at radius 2 is 1.93 bits per heavy atom. The summed E-state index contributed by atoms with van der Waals surface area (Å²) in [6.45, 7) is 2.21. The highest BCUT2D eigenvalue weighted by Crippen LogP contribution is 2.35. The molecule has 0 fully saturated rings. The molecule has 0 unspecified atom stereocenters. The molecule has 0 spiro atoms. The van der Waals surface area contributed by atoms with Gasteiger partial charge in [-0.2, -0.15) is 0 Å². The van der Waals surface area contributed by atoms with E-state index in [1.165, 1.54) is 0 Å². The van der Waals surface area contributed by atoms with Crippen molar-refractivity contribution < 1.29 is 18.7 Å². The molecule has 0 bridgehead atoms. The van der Waals surface area contributed by atoms with Gasteiger partial charge in [-0.15, -0.1) is 22.0 Å². The summed E-state index contributed by atoms with van der Waals surface area (Å²) in [5.74, 6) is 2.97. The first-order chi connectivity index (χ1) is 13.7. The number of nitrogens with one attached hydrogen (secondary N) is 1. The molecule has 2 aromatic carbocycles. The van der Waals surface area contributed by atoms with E-state index in [1.54, 1.807) is 11.8 Å². The zero-order chi connectivity index (χ0) is 19.3. The van der Waals surface area contributed by atoms with Crippen molar-refractivity contribution in [1.82, 2.24) is 10.2 Å². The highest BCUT2D eigenvalue weighted by atomic mass is 32.2. The summed E-state index contributed by atoms with van der Waals surface area (Å²) in [7, 11) is 0. The van der Waals surface area contributed by atoms with Crippen LogP contribution in [-0.4, -0.2) is 22.9 Å². The van der Waals surface area contributed by atoms with Gasteiger partial charge < -0.3 is 19.2 Å². The lowest BCUT2D eigenvalue weighted by atomic mass is 10.2. The molecule has 1 aliphatic rings. The Balaban J connectivity index is 1.35. The Labute approximate surface area is 166 Å². The predicted octanol–water partition coefficient (Wildman–Crippen LogP) is 4.50. The summed E-state index contributed by atoms with van der Waals surface area (Å²) in [5, 5.41) is 11.1. The number of amides is 1. The number of aromatic nitrogens is 2. The molecule has 0 aliphatic carbocycles. The zero-order valence-corrected chi connectivity index (χ0v) is 16.1. The number of hydrogen-bond donors (Lipinski definition) is 1. The smallest absolute Gasteiger partial charge is 0.247 e. The Morgan fingerprint density at radius 1 is 1.11 bits per heavy atom. The Hall–Kier alpha value is -3.00. The third-order valence-electron chi connectivity index (χ3n) is 4.06. The highest BCUT2D eigenvalue weighted by molar-refractivity contribution is 7.98. The minimum Gasteiger partial charge on any atom is -0.454 e. The molecule has 1 aromatic heterocycles. The predicted molar refractivity (Wildman–Crippen MR) is 105 cm³/mol. The number of fused-ring (bicyclic) bond motifs is 1. The number of thioether (sulfide) groups is 1. The quantitative estimate of drug-likeness (QED) is 0.588. The van der Waals surface area contributed by atoms with Crippen molar-refractivity contribution in [2.24, 2.45) is 0 Å². The summed E-state index contributed by atoms with van der Waals surface area (Å²) in [5.41, 5.74) is 1.59. The molecule has 7 nitrogen and oxygen atoms in total. The standard InChI is InChI=1S/C20H19N3O4S/c1-2-3-18(24)21-14-5-7-15(8-6-14)28-11-19-22-23-20(27-19)13-4-9-16-17(10-13)26-12-25-16/h4-10H,2-3,11-12H2,1H3,(H,21,24). The highest BCUT2D eigenvalue weighted by Gasteiger charge is 2.16. The third kappa shape index (κ3) is 4.28. The molecule has 0 saturated heterocycles. The molecule has 4 rings (SSSR count). The number of rotatable bonds is 7. The van der Waals surface area contributed by atoms with Gasteiger partial charge in [0.2, 0.25) is 24.5 Å². The van der Waals surface area contributed by atoms with Crippen LogP contribution in [0, 0.1) is 0 Å². The fraction of sp³-hybridized carbons (Fsp3) is 0.250. The fourth-order valence-electron chi connectivity index (χ4n) is 2.69. The molecule has 28 heavy (non-hydrogen) atoms. The van der Waals surface area contributed by atoms with Crippen LogP contribution in [0.5, 0.6) is 11.5 Å². The molecular weight excluding hydrogens is 378 g/mol. The monoisotopic (exact) mass is 397 g/mol. The van der Waals surface area contributed by atoms with E-state index in [1.807, 2.05) is 49.4 Å². The van der Waals surface area contributed by atoms with E-state index in [2.05, 4.69) is 15.5 Å². The van der Waals surface area contributed by atoms with E-state index in [0.29, 0.717) is 35.5 Å². The van der Waals surface area contributed by atoms with Crippen molar-refractivity contribution in [2.75, 3.05) is 12.1 Å². The van der Waals surface area contributed by atoms with Gasteiger partial charge in [-0.1, -0.05) is 6.92 Å². The van der Waals surface area contributed by atoms with E-state index in [9.17, 15) is 4.79 Å². The van der Waals surface area contributed by atoms with Gasteiger partial charge in [-0.05, 0) is 48.9 Å². The topological polar surface area (TPSA) is 86.5 Å². The minimum absolute atomic E-state index is 0.0322. The number of ether oxygens (including phenoxy) is 2. The lowest BCUT2D eigenvalue weighted by molar-refractivity contribution is -0.116. The van der Waals surface area contributed by atoms with Crippen molar-refractivity contribution in [2.45, 2.75) is 30.4 Å². The second-order valence-electron chi connectivity index (χ2n) is 6.18. The number of carbonyl (C=O) groups is 1. The van der Waals surface area contributed by atoms with Gasteiger partial charge in [0.15, 0.2) is 11.5 Å². The van der Waals surface area contributed by atoms with E-state index in [0.717, 1.165) is 22.6 Å². The fourth-order valence-corrected chi connectivity index (χ4v) is 3.42. The Kier molecular flexibility index (Phi) is 5.48. The molecule has 144 valence electrons. The van der Waals surface area contributed by atoms with Gasteiger partial charge in [-0.3, -0.25) is 4.79 Å². The van der Waals surface area contributed by atoms with Crippen LogP contribution in [0.2, 0.25) is 0 Å². The van der Waals surface area contributed by atoms with Crippen molar-refractivity contribution in [1.29, 1.82) is 0 Å². The summed E-state index contributed by atoms with van der Waals surface area (Å²) in [4.78, 5) is 12.7. The van der Waals surface area contributed by atoms with Gasteiger partial charge in [0.05, 0.1) is 5.75 Å². The summed E-state index contributed by atoms with van der Waals surface area (Å²) in [6, 6.07) is 13.2. The molecule has 0 radical (unpaired) electrons. The van der Waals surface area contributed by atoms with Crippen LogP contribution in [0.25, 0.3) is 11.5 Å². The Bertz CT molecular complexity index is 972. The Morgan fingerprint density at radius 3 is 2.75 bits per heavy atom. The molecule has 3 aromatic rings. The number of carbonyl (C=O) groups excluding carboxylic acids is 1. The summed E-state index contributed by atoms with van der Waals surface area (Å²) >= 11 is 1.59. The van der Waals surface area contributed by atoms with E-state index in [4.69, 9.17) is 13.9 Å². The summed E-state index contributed by atoms with van der Waals surface area (Å²) in [6.07, 6.45) is 1.36. The molecule has 0 atom stereocenters. The number of benzene rings is 2. The first-order valence-corrected chi connectivity index (χ1v) is 9.95. The summed E-state index contributed by atoms with van der Waals surface area (Å²) < 4.78 is 16.4. The molecule has 1 amide bonds. The first kappa shape index (κ1) is 18.4. The van der Waals surface area contributed by atoms with Gasteiger partial charge in [0.25, 0.3) is 0 Å². The van der Waals surface area contributed by atoms with Gasteiger partial charge >= 0.3 is 0 Å². The van der Waals surface area contributed by atoms with Crippen LogP contribution in [0.1, 0.15) is 25.7 Å². The maximum Gasteiger partial charge on any atom is 0.247 e. The molecule has 8 heteroatoms. The third-order valence-corrected chi connectivity index (χ3v) is 5.06. The molecular formula is C20H19N3O4S. The molecule has 1 N–H and O–H groups in total. The van der Waals surface area contributed by atoms with Gasteiger partial charge in [-0.25, -0.2) is 0 Å². The van der Waals surface area contributed by atoms with Crippen molar-refractivity contribution >= 4 is 23.4 Å². The van der Waals surface area contributed by atoms with Gasteiger partial charge in [0.1, 0.15) is 0 Å². The van der Waals surface area contributed by atoms with Gasteiger partial charge in [0, 0.05) is 22.6 Å². The number of hydrogen-bond acceptors (Lipinski definition) is 7. The average molecular weight is 397 g/mol. The lowest BCUT2D eigenvalue weighted by Gasteiger charge is -2.05. The SMILES string of the molecule is CCCC(=O)Nc1ccc(SCc2nnc(-c3ccc4c(c3)OCO4)o2)cc1. The number of anilines is 1. The van der Waals surface area contributed by atoms with E-state index >= 15 is 0 Å². The second kappa shape index (κ2) is 8.35. The van der Waals surface area contributed by atoms with Crippen LogP contribution in [-0.2, 0) is 10.5 Å². The molecule has 0 saturated carbocycles. The van der Waals surface area contributed by atoms with Crippen LogP contribution in [0.3, 0.4) is 0 Å². The number of nitrogens with zero attached hydrogens (tertiary/aromatic N) is 2. The van der Waals surface area contributed by atoms with Crippen molar-refractivity contribution in [3.63, 3.8) is 0 Å². The molecule has 2 heterocycles. The first-order valence-electron chi connectivity index (χ1n) is 8.96. The average Bonchev–Trinajstić information content (AvgIpc) is 3.36. The van der Waals surface area contributed by atoms with Crippen LogP contribution in [0.4, 0.5) is 5.69 Å². The van der Waals surface area contributed by atoms with Crippen molar-refractivity contribution in [3.8, 4) is 23.0 Å².